The van der Waals surface area contributed by atoms with Crippen LogP contribution in [0.25, 0.3) is 0 Å². The maximum atomic E-state index is 5.50. The zero-order valence-corrected chi connectivity index (χ0v) is 13.0. The highest BCUT2D eigenvalue weighted by atomic mass is 127. The molecule has 0 saturated heterocycles. The Kier molecular flexibility index (Phi) is 4.39. The molecule has 0 spiro atoms. The van der Waals surface area contributed by atoms with Crippen molar-refractivity contribution in [2.45, 2.75) is 13.3 Å². The van der Waals surface area contributed by atoms with E-state index in [9.17, 15) is 0 Å². The van der Waals surface area contributed by atoms with Crippen molar-refractivity contribution < 1.29 is 4.42 Å². The molecule has 0 amide bonds. The molecule has 0 bridgehead atoms. The van der Waals surface area contributed by atoms with Crippen molar-refractivity contribution in [1.82, 2.24) is 0 Å². The van der Waals surface area contributed by atoms with Gasteiger partial charge < -0.3 is 4.42 Å². The number of hydrogen-bond acceptors (Lipinski definition) is 2. The molecule has 2 nitrogen and oxygen atoms in total. The summed E-state index contributed by atoms with van der Waals surface area (Å²) in [6.07, 6.45) is 2.73. The number of benzene rings is 1. The lowest BCUT2D eigenvalue weighted by molar-refractivity contribution is 0.530. The minimum Gasteiger partial charge on any atom is -0.448 e. The normalized spacial score (nSPS) is 11.2. The van der Waals surface area contributed by atoms with Crippen LogP contribution in [0.5, 0.6) is 0 Å². The van der Waals surface area contributed by atoms with E-state index >= 15 is 0 Å². The third-order valence-electron chi connectivity index (χ3n) is 2.37. The Balaban J connectivity index is 2.25. The number of aryl methyl sites for hydroxylation is 1. The van der Waals surface area contributed by atoms with Crippen molar-refractivity contribution in [3.63, 3.8) is 0 Å². The number of para-hydroxylation sites is 1. The van der Waals surface area contributed by atoms with E-state index in [0.29, 0.717) is 0 Å². The molecule has 2 rings (SSSR count). The summed E-state index contributed by atoms with van der Waals surface area (Å²) in [6.45, 7) is 2.13. The van der Waals surface area contributed by atoms with Gasteiger partial charge in [-0.25, -0.2) is 0 Å². The standard InChI is InChI=1S/C13H11BrINO/c1-2-9-5-3-4-6-12(9)16-8-10-7-11(14)13(15)17-10/h3-8H,2H2,1H3. The molecule has 0 unspecified atom stereocenters. The van der Waals surface area contributed by atoms with Gasteiger partial charge in [-0.15, -0.1) is 0 Å². The second-order valence-corrected chi connectivity index (χ2v) is 5.34. The fraction of sp³-hybridized carbons (Fsp3) is 0.154. The first kappa shape index (κ1) is 12.8. The zero-order chi connectivity index (χ0) is 12.3. The lowest BCUT2D eigenvalue weighted by Gasteiger charge is -2.00. The second kappa shape index (κ2) is 5.82. The van der Waals surface area contributed by atoms with Gasteiger partial charge in [-0.3, -0.25) is 4.99 Å². The van der Waals surface area contributed by atoms with Gasteiger partial charge in [0.15, 0.2) is 3.77 Å². The second-order valence-electron chi connectivity index (χ2n) is 3.51. The van der Waals surface area contributed by atoms with Gasteiger partial charge in [0.05, 0.1) is 16.4 Å². The summed E-state index contributed by atoms with van der Waals surface area (Å²) in [4.78, 5) is 4.46. The Morgan fingerprint density at radius 1 is 1.41 bits per heavy atom. The summed E-state index contributed by atoms with van der Waals surface area (Å²) in [5.41, 5.74) is 2.24. The minimum atomic E-state index is 0.757. The largest absolute Gasteiger partial charge is 0.448 e. The summed E-state index contributed by atoms with van der Waals surface area (Å²) >= 11 is 5.55. The van der Waals surface area contributed by atoms with Crippen molar-refractivity contribution in [3.8, 4) is 0 Å². The third-order valence-corrected chi connectivity index (χ3v) is 4.50. The van der Waals surface area contributed by atoms with E-state index in [4.69, 9.17) is 4.42 Å². The maximum absolute atomic E-state index is 5.50. The number of halogens is 2. The van der Waals surface area contributed by atoms with E-state index in [1.165, 1.54) is 5.56 Å². The van der Waals surface area contributed by atoms with Gasteiger partial charge in [-0.1, -0.05) is 25.1 Å². The van der Waals surface area contributed by atoms with Crippen molar-refractivity contribution in [3.05, 3.63) is 49.9 Å². The van der Waals surface area contributed by atoms with Crippen LogP contribution in [0.2, 0.25) is 0 Å². The lowest BCUT2D eigenvalue weighted by atomic mass is 10.1. The van der Waals surface area contributed by atoms with Crippen LogP contribution in [0.1, 0.15) is 18.2 Å². The molecule has 1 heterocycles. The Bertz CT molecular complexity index is 529. The van der Waals surface area contributed by atoms with Gasteiger partial charge in [0, 0.05) is 28.7 Å². The van der Waals surface area contributed by atoms with Crippen LogP contribution in [-0.2, 0) is 6.42 Å². The number of furan rings is 1. The zero-order valence-electron chi connectivity index (χ0n) is 9.28. The topological polar surface area (TPSA) is 25.5 Å². The number of nitrogens with zero attached hydrogens (tertiary/aromatic N) is 1. The quantitative estimate of drug-likeness (QED) is 0.525. The minimum absolute atomic E-state index is 0.757. The number of aliphatic imine (C=N–C) groups is 1. The summed E-state index contributed by atoms with van der Waals surface area (Å²) in [6, 6.07) is 10.0. The van der Waals surface area contributed by atoms with Crippen molar-refractivity contribution in [2.75, 3.05) is 0 Å². The molecule has 0 fully saturated rings. The highest BCUT2D eigenvalue weighted by molar-refractivity contribution is 14.1. The highest BCUT2D eigenvalue weighted by Gasteiger charge is 2.03. The first-order valence-electron chi connectivity index (χ1n) is 5.27. The third kappa shape index (κ3) is 3.19. The molecular formula is C13H11BrINO. The fourth-order valence-corrected chi connectivity index (χ4v) is 2.21. The van der Waals surface area contributed by atoms with Crippen LogP contribution in [0.15, 0.2) is 44.2 Å². The summed E-state index contributed by atoms with van der Waals surface area (Å²) in [5.74, 6) is 0.757. The van der Waals surface area contributed by atoms with Gasteiger partial charge in [0.1, 0.15) is 5.76 Å². The van der Waals surface area contributed by atoms with Crippen molar-refractivity contribution >= 4 is 50.4 Å². The molecule has 0 N–H and O–H groups in total. The van der Waals surface area contributed by atoms with E-state index in [-0.39, 0.29) is 0 Å². The Hall–Kier alpha value is -0.620. The molecule has 0 radical (unpaired) electrons. The molecule has 1 aromatic carbocycles. The molecule has 88 valence electrons. The van der Waals surface area contributed by atoms with Gasteiger partial charge in [-0.05, 0) is 34.0 Å². The Labute approximate surface area is 122 Å². The van der Waals surface area contributed by atoms with E-state index in [0.717, 1.165) is 26.1 Å². The van der Waals surface area contributed by atoms with E-state index in [2.05, 4.69) is 56.5 Å². The molecule has 0 atom stereocenters. The molecule has 2 aromatic rings. The summed E-state index contributed by atoms with van der Waals surface area (Å²) in [7, 11) is 0. The molecular weight excluding hydrogens is 393 g/mol. The average Bonchev–Trinajstić information content (AvgIpc) is 2.66. The molecule has 0 saturated carbocycles. The van der Waals surface area contributed by atoms with E-state index in [1.807, 2.05) is 24.3 Å². The van der Waals surface area contributed by atoms with Crippen LogP contribution in [0.3, 0.4) is 0 Å². The number of hydrogen-bond donors (Lipinski definition) is 0. The smallest absolute Gasteiger partial charge is 0.178 e. The molecule has 0 aliphatic rings. The maximum Gasteiger partial charge on any atom is 0.178 e. The molecule has 1 aromatic heterocycles. The van der Waals surface area contributed by atoms with E-state index in [1.54, 1.807) is 6.21 Å². The SMILES string of the molecule is CCc1ccccc1N=Cc1cc(Br)c(I)o1. The summed E-state index contributed by atoms with van der Waals surface area (Å²) in [5, 5.41) is 0. The molecule has 0 aliphatic heterocycles. The van der Waals surface area contributed by atoms with Crippen LogP contribution < -0.4 is 0 Å². The van der Waals surface area contributed by atoms with Gasteiger partial charge >= 0.3 is 0 Å². The first-order chi connectivity index (χ1) is 8.20. The predicted octanol–water partition coefficient (Wildman–Crippen LogP) is 4.96. The van der Waals surface area contributed by atoms with Crippen LogP contribution in [0.4, 0.5) is 5.69 Å². The van der Waals surface area contributed by atoms with Crippen molar-refractivity contribution in [1.29, 1.82) is 0 Å². The predicted molar refractivity (Wildman–Crippen MR) is 82.2 cm³/mol. The van der Waals surface area contributed by atoms with Crippen LogP contribution in [-0.4, -0.2) is 6.21 Å². The first-order valence-corrected chi connectivity index (χ1v) is 7.14. The average molecular weight is 404 g/mol. The van der Waals surface area contributed by atoms with E-state index < -0.39 is 0 Å². The van der Waals surface area contributed by atoms with Gasteiger partial charge in [0.2, 0.25) is 0 Å². The highest BCUT2D eigenvalue weighted by Crippen LogP contribution is 2.23. The molecule has 0 aliphatic carbocycles. The van der Waals surface area contributed by atoms with Gasteiger partial charge in [0.25, 0.3) is 0 Å². The summed E-state index contributed by atoms with van der Waals surface area (Å²) < 4.78 is 7.30. The number of rotatable bonds is 3. The Morgan fingerprint density at radius 2 is 2.18 bits per heavy atom. The van der Waals surface area contributed by atoms with Crippen molar-refractivity contribution in [2.24, 2.45) is 4.99 Å². The Morgan fingerprint density at radius 3 is 2.82 bits per heavy atom. The fourth-order valence-electron chi connectivity index (χ4n) is 1.50. The lowest BCUT2D eigenvalue weighted by Crippen LogP contribution is -1.81. The van der Waals surface area contributed by atoms with Crippen LogP contribution >= 0.6 is 38.5 Å². The van der Waals surface area contributed by atoms with Gasteiger partial charge in [-0.2, -0.15) is 0 Å². The van der Waals surface area contributed by atoms with Crippen LogP contribution in [0, 0.1) is 3.77 Å². The monoisotopic (exact) mass is 403 g/mol. The molecule has 17 heavy (non-hydrogen) atoms. The molecule has 4 heteroatoms.